The van der Waals surface area contributed by atoms with Gasteiger partial charge in [0, 0.05) is 18.2 Å². The first-order chi connectivity index (χ1) is 13.6. The van der Waals surface area contributed by atoms with E-state index in [1.54, 1.807) is 7.11 Å². The smallest absolute Gasteiger partial charge is 0.237 e. The van der Waals surface area contributed by atoms with Crippen molar-refractivity contribution < 1.29 is 9.26 Å². The predicted octanol–water partition coefficient (Wildman–Crippen LogP) is 4.14. The van der Waals surface area contributed by atoms with E-state index in [0.29, 0.717) is 17.5 Å². The van der Waals surface area contributed by atoms with E-state index >= 15 is 0 Å². The van der Waals surface area contributed by atoms with Crippen molar-refractivity contribution in [3.05, 3.63) is 60.0 Å². The predicted molar refractivity (Wildman–Crippen MR) is 107 cm³/mol. The molecule has 2 aromatic heterocycles. The number of thioether (sulfide) groups is 1. The lowest BCUT2D eigenvalue weighted by molar-refractivity contribution is 0.391. The second-order valence-corrected chi connectivity index (χ2v) is 7.20. The van der Waals surface area contributed by atoms with Crippen molar-refractivity contribution in [2.45, 2.75) is 17.8 Å². The van der Waals surface area contributed by atoms with Crippen LogP contribution in [0.2, 0.25) is 0 Å². The number of rotatable bonds is 6. The van der Waals surface area contributed by atoms with E-state index < -0.39 is 0 Å². The fraction of sp³-hybridized carbons (Fsp3) is 0.200. The van der Waals surface area contributed by atoms with Gasteiger partial charge < -0.3 is 13.8 Å². The first-order valence-corrected chi connectivity index (χ1v) is 9.69. The molecular formula is C20H19N5O2S. The summed E-state index contributed by atoms with van der Waals surface area (Å²) in [6, 6.07) is 15.8. The van der Waals surface area contributed by atoms with Crippen molar-refractivity contribution >= 4 is 11.8 Å². The Morgan fingerprint density at radius 1 is 1.00 bits per heavy atom. The van der Waals surface area contributed by atoms with Crippen LogP contribution in [0.3, 0.4) is 0 Å². The Kier molecular flexibility index (Phi) is 5.12. The Bertz CT molecular complexity index is 1070. The highest BCUT2D eigenvalue weighted by Gasteiger charge is 2.14. The molecule has 2 aromatic carbocycles. The monoisotopic (exact) mass is 393 g/mol. The van der Waals surface area contributed by atoms with Crippen LogP contribution in [0.5, 0.6) is 5.75 Å². The molecule has 8 heteroatoms. The van der Waals surface area contributed by atoms with Crippen LogP contribution in [0.15, 0.2) is 58.2 Å². The van der Waals surface area contributed by atoms with Gasteiger partial charge in [0.05, 0.1) is 12.9 Å². The number of aromatic nitrogens is 5. The van der Waals surface area contributed by atoms with Gasteiger partial charge in [-0.2, -0.15) is 4.98 Å². The highest BCUT2D eigenvalue weighted by Crippen LogP contribution is 2.26. The van der Waals surface area contributed by atoms with Crippen molar-refractivity contribution in [2.75, 3.05) is 7.11 Å². The Labute approximate surface area is 166 Å². The van der Waals surface area contributed by atoms with Crippen LogP contribution in [-0.4, -0.2) is 32.0 Å². The quantitative estimate of drug-likeness (QED) is 0.456. The molecule has 2 heterocycles. The van der Waals surface area contributed by atoms with Crippen molar-refractivity contribution in [3.8, 4) is 28.5 Å². The molecule has 0 aliphatic rings. The molecule has 0 N–H and O–H groups in total. The maximum absolute atomic E-state index is 5.37. The van der Waals surface area contributed by atoms with E-state index in [0.717, 1.165) is 27.9 Å². The molecule has 0 amide bonds. The Morgan fingerprint density at radius 2 is 1.71 bits per heavy atom. The molecule has 0 saturated carbocycles. The average molecular weight is 393 g/mol. The van der Waals surface area contributed by atoms with Gasteiger partial charge in [0.1, 0.15) is 5.75 Å². The molecule has 0 saturated heterocycles. The molecule has 0 atom stereocenters. The molecule has 4 aromatic rings. The molecule has 0 fully saturated rings. The summed E-state index contributed by atoms with van der Waals surface area (Å²) in [4.78, 5) is 4.47. The number of hydrogen-bond acceptors (Lipinski definition) is 7. The number of nitrogens with zero attached hydrogens (tertiary/aromatic N) is 5. The van der Waals surface area contributed by atoms with Crippen molar-refractivity contribution in [3.63, 3.8) is 0 Å². The van der Waals surface area contributed by atoms with E-state index in [1.807, 2.05) is 67.1 Å². The highest BCUT2D eigenvalue weighted by atomic mass is 32.2. The summed E-state index contributed by atoms with van der Waals surface area (Å²) in [5.74, 6) is 3.26. The van der Waals surface area contributed by atoms with Crippen LogP contribution in [0.4, 0.5) is 0 Å². The largest absolute Gasteiger partial charge is 0.497 e. The van der Waals surface area contributed by atoms with Crippen LogP contribution < -0.4 is 4.74 Å². The molecular weight excluding hydrogens is 374 g/mol. The third kappa shape index (κ3) is 3.77. The third-order valence-electron chi connectivity index (χ3n) is 4.29. The van der Waals surface area contributed by atoms with E-state index in [4.69, 9.17) is 9.26 Å². The number of methoxy groups -OCH3 is 1. The van der Waals surface area contributed by atoms with Crippen LogP contribution in [0, 0.1) is 6.92 Å². The first kappa shape index (κ1) is 18.2. The fourth-order valence-electron chi connectivity index (χ4n) is 2.69. The van der Waals surface area contributed by atoms with Crippen LogP contribution >= 0.6 is 11.8 Å². The van der Waals surface area contributed by atoms with Crippen molar-refractivity contribution in [1.29, 1.82) is 0 Å². The molecule has 0 aliphatic carbocycles. The van der Waals surface area contributed by atoms with E-state index in [1.165, 1.54) is 17.3 Å². The minimum Gasteiger partial charge on any atom is -0.497 e. The van der Waals surface area contributed by atoms with Crippen molar-refractivity contribution in [2.24, 2.45) is 7.05 Å². The van der Waals surface area contributed by atoms with Gasteiger partial charge in [0.15, 0.2) is 11.0 Å². The second-order valence-electron chi connectivity index (χ2n) is 6.26. The standard InChI is InChI=1S/C20H19N5O2S/c1-13-4-6-14(7-5-13)18-21-17(27-24-18)12-28-20-23-22-19(25(20)2)15-8-10-16(26-3)11-9-15/h4-11H,12H2,1-3H3. The zero-order chi connectivity index (χ0) is 19.5. The zero-order valence-corrected chi connectivity index (χ0v) is 16.6. The average Bonchev–Trinajstić information content (AvgIpc) is 3.34. The van der Waals surface area contributed by atoms with Gasteiger partial charge in [-0.15, -0.1) is 10.2 Å². The lowest BCUT2D eigenvalue weighted by Crippen LogP contribution is -1.95. The summed E-state index contributed by atoms with van der Waals surface area (Å²) in [5.41, 5.74) is 3.10. The molecule has 0 unspecified atom stereocenters. The van der Waals surface area contributed by atoms with Crippen LogP contribution in [0.1, 0.15) is 11.5 Å². The maximum Gasteiger partial charge on any atom is 0.237 e. The van der Waals surface area contributed by atoms with Gasteiger partial charge >= 0.3 is 0 Å². The minimum atomic E-state index is 0.521. The second kappa shape index (κ2) is 7.85. The van der Waals surface area contributed by atoms with Crippen molar-refractivity contribution in [1.82, 2.24) is 24.9 Å². The lowest BCUT2D eigenvalue weighted by Gasteiger charge is -2.04. The Balaban J connectivity index is 1.45. The lowest BCUT2D eigenvalue weighted by atomic mass is 10.1. The fourth-order valence-corrected chi connectivity index (χ4v) is 3.44. The summed E-state index contributed by atoms with van der Waals surface area (Å²) in [7, 11) is 3.58. The molecule has 7 nitrogen and oxygen atoms in total. The summed E-state index contributed by atoms with van der Waals surface area (Å²) in [6.07, 6.45) is 0. The zero-order valence-electron chi connectivity index (χ0n) is 15.8. The molecule has 4 rings (SSSR count). The van der Waals surface area contributed by atoms with Crippen LogP contribution in [-0.2, 0) is 12.8 Å². The summed E-state index contributed by atoms with van der Waals surface area (Å²) >= 11 is 1.50. The molecule has 28 heavy (non-hydrogen) atoms. The highest BCUT2D eigenvalue weighted by molar-refractivity contribution is 7.98. The SMILES string of the molecule is COc1ccc(-c2nnc(SCc3nc(-c4ccc(C)cc4)no3)n2C)cc1. The van der Waals surface area contributed by atoms with Gasteiger partial charge in [0.2, 0.25) is 11.7 Å². The maximum atomic E-state index is 5.37. The van der Waals surface area contributed by atoms with E-state index in [2.05, 4.69) is 20.3 Å². The van der Waals surface area contributed by atoms with Crippen LogP contribution in [0.25, 0.3) is 22.8 Å². The topological polar surface area (TPSA) is 78.9 Å². The molecule has 0 spiro atoms. The summed E-state index contributed by atoms with van der Waals surface area (Å²) < 4.78 is 12.5. The van der Waals surface area contributed by atoms with Gasteiger partial charge in [0.25, 0.3) is 0 Å². The van der Waals surface area contributed by atoms with Gasteiger partial charge in [-0.25, -0.2) is 0 Å². The van der Waals surface area contributed by atoms with E-state index in [9.17, 15) is 0 Å². The molecule has 0 aliphatic heterocycles. The number of ether oxygens (including phenoxy) is 1. The summed E-state index contributed by atoms with van der Waals surface area (Å²) in [5, 5.41) is 13.4. The Hall–Kier alpha value is -3.13. The third-order valence-corrected chi connectivity index (χ3v) is 5.29. The van der Waals surface area contributed by atoms with Gasteiger partial charge in [-0.1, -0.05) is 46.7 Å². The van der Waals surface area contributed by atoms with Gasteiger partial charge in [-0.3, -0.25) is 0 Å². The number of benzene rings is 2. The number of hydrogen-bond donors (Lipinski definition) is 0. The summed E-state index contributed by atoms with van der Waals surface area (Å²) in [6.45, 7) is 2.04. The molecule has 0 bridgehead atoms. The minimum absolute atomic E-state index is 0.521. The first-order valence-electron chi connectivity index (χ1n) is 8.70. The van der Waals surface area contributed by atoms with Gasteiger partial charge in [-0.05, 0) is 31.2 Å². The normalized spacial score (nSPS) is 11.0. The molecule has 142 valence electrons. The van der Waals surface area contributed by atoms with E-state index in [-0.39, 0.29) is 0 Å². The Morgan fingerprint density at radius 3 is 2.43 bits per heavy atom. The molecule has 0 radical (unpaired) electrons. The number of aryl methyl sites for hydroxylation is 1.